The molecule has 0 amide bonds. The first-order valence-electron chi connectivity index (χ1n) is 20.9. The van der Waals surface area contributed by atoms with Gasteiger partial charge < -0.3 is 4.57 Å². The number of aryl methyl sites for hydroxylation is 2. The van der Waals surface area contributed by atoms with Crippen molar-refractivity contribution in [2.24, 2.45) is 0 Å². The molecule has 0 saturated heterocycles. The minimum atomic E-state index is -4.64. The quantitative estimate of drug-likeness (QED) is 0.149. The first-order chi connectivity index (χ1) is 31.3. The van der Waals surface area contributed by atoms with Crippen LogP contribution in [0.2, 0.25) is 0 Å². The predicted octanol–water partition coefficient (Wildman–Crippen LogP) is 16.2. The van der Waals surface area contributed by atoms with Crippen LogP contribution in [0.4, 0.5) is 26.3 Å². The van der Waals surface area contributed by atoms with E-state index in [0.717, 1.165) is 45.8 Å². The summed E-state index contributed by atoms with van der Waals surface area (Å²) in [6.07, 6.45) is -9.24. The molecule has 9 heteroatoms. The van der Waals surface area contributed by atoms with Gasteiger partial charge in [-0.2, -0.15) is 26.3 Å². The maximum absolute atomic E-state index is 14.6. The molecule has 10 rings (SSSR count). The van der Waals surface area contributed by atoms with Crippen LogP contribution >= 0.6 is 0 Å². The van der Waals surface area contributed by atoms with Gasteiger partial charge in [-0.1, -0.05) is 145 Å². The first kappa shape index (κ1) is 41.2. The van der Waals surface area contributed by atoms with Crippen molar-refractivity contribution in [3.8, 4) is 73.0 Å². The Balaban J connectivity index is 1.32. The maximum Gasteiger partial charge on any atom is 0.417 e. The van der Waals surface area contributed by atoms with Gasteiger partial charge in [0.25, 0.3) is 0 Å². The largest absolute Gasteiger partial charge is 0.417 e. The Kier molecular flexibility index (Phi) is 10.2. The number of hydrogen-bond acceptors (Lipinski definition) is 2. The number of halogens is 6. The number of aromatic nitrogens is 3. The number of alkyl halides is 6. The molecule has 0 aliphatic heterocycles. The second-order valence-corrected chi connectivity index (χ2v) is 16.2. The van der Waals surface area contributed by atoms with Crippen molar-refractivity contribution >= 4 is 21.8 Å². The highest BCUT2D eigenvalue weighted by Gasteiger charge is 2.34. The van der Waals surface area contributed by atoms with Crippen LogP contribution in [0.15, 0.2) is 188 Å². The second kappa shape index (κ2) is 16.1. The zero-order valence-corrected chi connectivity index (χ0v) is 35.0. The zero-order valence-electron chi connectivity index (χ0n) is 35.0. The molecule has 0 spiro atoms. The Labute approximate surface area is 371 Å². The summed E-state index contributed by atoms with van der Waals surface area (Å²) in [5, 5.41) is 1.43. The van der Waals surface area contributed by atoms with E-state index in [1.807, 2.05) is 139 Å². The minimum absolute atomic E-state index is 0.0453. The Morgan fingerprint density at radius 3 is 1.57 bits per heavy atom. The molecular formula is C56H37F6N3. The Bertz CT molecular complexity index is 3370. The van der Waals surface area contributed by atoms with Crippen molar-refractivity contribution < 1.29 is 26.3 Å². The Hall–Kier alpha value is -7.78. The summed E-state index contributed by atoms with van der Waals surface area (Å²) < 4.78 is 89.5. The fourth-order valence-electron chi connectivity index (χ4n) is 8.74. The van der Waals surface area contributed by atoms with Crippen molar-refractivity contribution in [1.29, 1.82) is 0 Å². The summed E-state index contributed by atoms with van der Waals surface area (Å²) in [5.41, 5.74) is 8.09. The molecule has 0 bridgehead atoms. The van der Waals surface area contributed by atoms with E-state index in [9.17, 15) is 26.3 Å². The molecule has 10 aromatic rings. The highest BCUT2D eigenvalue weighted by Crippen LogP contribution is 2.46. The molecular weight excluding hydrogens is 829 g/mol. The summed E-state index contributed by atoms with van der Waals surface area (Å²) in [5.74, 6) is 0.365. The summed E-state index contributed by atoms with van der Waals surface area (Å²) in [7, 11) is 0. The highest BCUT2D eigenvalue weighted by molar-refractivity contribution is 6.12. The standard InChI is InChI=1S/C56H37F6N3/c1-34-13-11-18-38(27-34)45-31-41(54-63-49(36-14-5-3-6-15-36)33-50(64-54)37-16-7-4-8-17-37)32-46(39-19-12-20-42(29-39)55(57,58)59)53(45)65-51-22-10-9-21-44(51)47-30-40(24-26-52(47)65)43-25-23-35(2)28-48(43)56(60,61)62/h3-33H,1-2H3. The molecule has 8 aromatic carbocycles. The van der Waals surface area contributed by atoms with Gasteiger partial charge in [-0.25, -0.2) is 9.97 Å². The molecule has 0 unspecified atom stereocenters. The molecule has 0 aliphatic carbocycles. The number of para-hydroxylation sites is 1. The van der Waals surface area contributed by atoms with Crippen LogP contribution in [-0.2, 0) is 12.4 Å². The molecule has 0 fully saturated rings. The van der Waals surface area contributed by atoms with Gasteiger partial charge >= 0.3 is 12.4 Å². The predicted molar refractivity (Wildman–Crippen MR) is 248 cm³/mol. The van der Waals surface area contributed by atoms with E-state index in [2.05, 4.69) is 0 Å². The molecule has 65 heavy (non-hydrogen) atoms. The van der Waals surface area contributed by atoms with Crippen molar-refractivity contribution in [3.63, 3.8) is 0 Å². The van der Waals surface area contributed by atoms with Gasteiger partial charge in [0, 0.05) is 38.6 Å². The molecule has 0 atom stereocenters. The first-order valence-corrected chi connectivity index (χ1v) is 20.9. The van der Waals surface area contributed by atoms with Gasteiger partial charge in [-0.15, -0.1) is 0 Å². The van der Waals surface area contributed by atoms with E-state index >= 15 is 0 Å². The minimum Gasteiger partial charge on any atom is -0.308 e. The van der Waals surface area contributed by atoms with Gasteiger partial charge in [0.1, 0.15) is 0 Å². The van der Waals surface area contributed by atoms with Crippen LogP contribution in [0.25, 0.3) is 94.8 Å². The summed E-state index contributed by atoms with van der Waals surface area (Å²) in [4.78, 5) is 10.3. The van der Waals surface area contributed by atoms with Crippen molar-refractivity contribution in [1.82, 2.24) is 14.5 Å². The topological polar surface area (TPSA) is 30.7 Å². The normalized spacial score (nSPS) is 12.0. The van der Waals surface area contributed by atoms with Crippen LogP contribution in [0.1, 0.15) is 22.3 Å². The molecule has 318 valence electrons. The lowest BCUT2D eigenvalue weighted by Gasteiger charge is -2.22. The van der Waals surface area contributed by atoms with Gasteiger partial charge in [-0.3, -0.25) is 0 Å². The van der Waals surface area contributed by atoms with Crippen molar-refractivity contribution in [2.45, 2.75) is 26.2 Å². The Morgan fingerprint density at radius 2 is 0.938 bits per heavy atom. The fraction of sp³-hybridized carbons (Fsp3) is 0.0714. The average Bonchev–Trinajstić information content (AvgIpc) is 3.64. The smallest absolute Gasteiger partial charge is 0.308 e. The molecule has 0 saturated carbocycles. The molecule has 0 aliphatic rings. The summed E-state index contributed by atoms with van der Waals surface area (Å²) >= 11 is 0. The molecule has 2 heterocycles. The molecule has 0 radical (unpaired) electrons. The van der Waals surface area contributed by atoms with Crippen LogP contribution in [0, 0.1) is 13.8 Å². The zero-order chi connectivity index (χ0) is 45.0. The van der Waals surface area contributed by atoms with Crippen LogP contribution < -0.4 is 0 Å². The van der Waals surface area contributed by atoms with E-state index in [0.29, 0.717) is 72.7 Å². The van der Waals surface area contributed by atoms with Crippen LogP contribution in [0.3, 0.4) is 0 Å². The van der Waals surface area contributed by atoms with Crippen molar-refractivity contribution in [2.75, 3.05) is 0 Å². The second-order valence-electron chi connectivity index (χ2n) is 16.2. The van der Waals surface area contributed by atoms with Gasteiger partial charge in [0.2, 0.25) is 0 Å². The van der Waals surface area contributed by atoms with Crippen LogP contribution in [-0.4, -0.2) is 14.5 Å². The third kappa shape index (κ3) is 7.84. The molecule has 3 nitrogen and oxygen atoms in total. The fourth-order valence-corrected chi connectivity index (χ4v) is 8.74. The van der Waals surface area contributed by atoms with E-state index < -0.39 is 23.5 Å². The van der Waals surface area contributed by atoms with E-state index in [1.54, 1.807) is 37.3 Å². The third-order valence-electron chi connectivity index (χ3n) is 11.8. The lowest BCUT2D eigenvalue weighted by Crippen LogP contribution is -2.07. The van der Waals surface area contributed by atoms with Gasteiger partial charge in [-0.05, 0) is 90.7 Å². The third-order valence-corrected chi connectivity index (χ3v) is 11.8. The van der Waals surface area contributed by atoms with E-state index in [-0.39, 0.29) is 5.56 Å². The molecule has 0 N–H and O–H groups in total. The van der Waals surface area contributed by atoms with Gasteiger partial charge in [0.15, 0.2) is 5.82 Å². The average molecular weight is 866 g/mol. The number of hydrogen-bond donors (Lipinski definition) is 0. The summed E-state index contributed by atoms with van der Waals surface area (Å²) in [6, 6.07) is 55.5. The van der Waals surface area contributed by atoms with Crippen molar-refractivity contribution in [3.05, 3.63) is 210 Å². The Morgan fingerprint density at radius 1 is 0.385 bits per heavy atom. The number of benzene rings is 8. The molecule has 2 aromatic heterocycles. The number of nitrogens with zero attached hydrogens (tertiary/aromatic N) is 3. The lowest BCUT2D eigenvalue weighted by atomic mass is 9.91. The number of rotatable bonds is 7. The highest BCUT2D eigenvalue weighted by atomic mass is 19.4. The number of fused-ring (bicyclic) bond motifs is 3. The summed E-state index contributed by atoms with van der Waals surface area (Å²) in [6.45, 7) is 3.60. The monoisotopic (exact) mass is 865 g/mol. The van der Waals surface area contributed by atoms with Crippen LogP contribution in [0.5, 0.6) is 0 Å². The van der Waals surface area contributed by atoms with Gasteiger partial charge in [0.05, 0.1) is 39.2 Å². The van der Waals surface area contributed by atoms with E-state index in [1.165, 1.54) is 12.1 Å². The van der Waals surface area contributed by atoms with E-state index in [4.69, 9.17) is 9.97 Å². The lowest BCUT2D eigenvalue weighted by molar-refractivity contribution is -0.138. The SMILES string of the molecule is Cc1cccc(-c2cc(-c3nc(-c4ccccc4)cc(-c4ccccc4)n3)cc(-c3cccc(C(F)(F)F)c3)c2-n2c3ccccc3c3cc(-c4ccc(C)cc4C(F)(F)F)ccc32)c1. The maximum atomic E-state index is 14.6.